The number of aromatic nitrogens is 2. The Balaban J connectivity index is 1.46. The molecule has 1 N–H and O–H groups in total. The van der Waals surface area contributed by atoms with E-state index >= 15 is 0 Å². The average molecular weight is 569 g/mol. The topological polar surface area (TPSA) is 92.3 Å². The maximum absolute atomic E-state index is 13.9. The average Bonchev–Trinajstić information content (AvgIpc) is 2.97. The summed E-state index contributed by atoms with van der Waals surface area (Å²) in [4.78, 5) is 24.5. The quantitative estimate of drug-likeness (QED) is 0.260. The van der Waals surface area contributed by atoms with E-state index in [-0.39, 0.29) is 22.8 Å². The molecule has 3 aromatic carbocycles. The lowest BCUT2D eigenvalue weighted by molar-refractivity contribution is -0.119. The normalized spacial score (nSPS) is 15.6. The molecule has 1 heterocycles. The summed E-state index contributed by atoms with van der Waals surface area (Å²) in [7, 11) is -3.72. The number of hydrogen-bond acceptors (Lipinski definition) is 5. The van der Waals surface area contributed by atoms with Gasteiger partial charge in [0.1, 0.15) is 5.82 Å². The zero-order valence-electron chi connectivity index (χ0n) is 23.7. The van der Waals surface area contributed by atoms with Crippen LogP contribution < -0.4 is 9.62 Å². The van der Waals surface area contributed by atoms with Crippen molar-refractivity contribution in [2.75, 3.05) is 4.90 Å². The van der Waals surface area contributed by atoms with Gasteiger partial charge in [0.25, 0.3) is 0 Å². The molecule has 0 fully saturated rings. The van der Waals surface area contributed by atoms with E-state index in [0.717, 1.165) is 46.3 Å². The summed E-state index contributed by atoms with van der Waals surface area (Å²) in [6, 6.07) is 22.6. The summed E-state index contributed by atoms with van der Waals surface area (Å²) in [5.74, 6) is 0.684. The van der Waals surface area contributed by atoms with Gasteiger partial charge in [-0.2, -0.15) is 0 Å². The molecular formula is C33H36N4O3S. The lowest BCUT2D eigenvalue weighted by atomic mass is 9.87. The van der Waals surface area contributed by atoms with Crippen molar-refractivity contribution in [1.82, 2.24) is 14.7 Å². The first-order valence-corrected chi connectivity index (χ1v) is 15.5. The van der Waals surface area contributed by atoms with Crippen LogP contribution in [0.1, 0.15) is 71.8 Å². The van der Waals surface area contributed by atoms with Crippen LogP contribution in [0.3, 0.4) is 0 Å². The third-order valence-corrected chi connectivity index (χ3v) is 9.15. The number of aryl methyl sites for hydroxylation is 3. The van der Waals surface area contributed by atoms with Crippen molar-refractivity contribution >= 4 is 21.6 Å². The van der Waals surface area contributed by atoms with Gasteiger partial charge in [0.2, 0.25) is 15.9 Å². The molecule has 1 aromatic heterocycles. The Bertz CT molecular complexity index is 1620. The van der Waals surface area contributed by atoms with E-state index in [1.807, 2.05) is 68.4 Å². The van der Waals surface area contributed by atoms with Crippen LogP contribution in [0.25, 0.3) is 0 Å². The molecule has 4 aromatic rings. The van der Waals surface area contributed by atoms with Gasteiger partial charge in [-0.15, -0.1) is 0 Å². The Morgan fingerprint density at radius 1 is 1.00 bits per heavy atom. The van der Waals surface area contributed by atoms with Crippen LogP contribution in [-0.2, 0) is 27.8 Å². The number of carbonyl (C=O) groups is 1. The zero-order chi connectivity index (χ0) is 29.0. The second kappa shape index (κ2) is 12.3. The van der Waals surface area contributed by atoms with Crippen molar-refractivity contribution in [3.8, 4) is 0 Å². The minimum atomic E-state index is -3.72. The number of nitrogens with zero attached hydrogens (tertiary/aromatic N) is 3. The van der Waals surface area contributed by atoms with Crippen molar-refractivity contribution < 1.29 is 13.2 Å². The van der Waals surface area contributed by atoms with Crippen LogP contribution in [0.15, 0.2) is 90.1 Å². The second-order valence-electron chi connectivity index (χ2n) is 10.9. The molecule has 0 radical (unpaired) electrons. The van der Waals surface area contributed by atoms with Gasteiger partial charge in [-0.05, 0) is 85.5 Å². The standard InChI is InChI=1S/C33H36N4O3S/c1-23-9-7-13-30(17-23)41(39,40)36-32-14-8-12-28-15-16-29(19-31(28)32)37(22-26-20-34-25(3)35-21-26)33(38)18-24(2)27-10-5-4-6-11-27/h4-7,9-11,13,15-17,19-21,24,32,36H,8,12,14,18,22H2,1-3H3/t24-,32+/m0/s1. The highest BCUT2D eigenvalue weighted by atomic mass is 32.2. The van der Waals surface area contributed by atoms with Gasteiger partial charge >= 0.3 is 0 Å². The van der Waals surface area contributed by atoms with Gasteiger partial charge in [-0.25, -0.2) is 23.1 Å². The smallest absolute Gasteiger partial charge is 0.241 e. The van der Waals surface area contributed by atoms with Crippen molar-refractivity contribution in [3.05, 3.63) is 119 Å². The molecule has 0 spiro atoms. The number of hydrogen-bond donors (Lipinski definition) is 1. The van der Waals surface area contributed by atoms with E-state index in [9.17, 15) is 13.2 Å². The number of rotatable bonds is 9. The largest absolute Gasteiger partial charge is 0.308 e. The molecule has 0 aliphatic heterocycles. The number of carbonyl (C=O) groups excluding carboxylic acids is 1. The molecule has 0 saturated heterocycles. The van der Waals surface area contributed by atoms with Crippen LogP contribution >= 0.6 is 0 Å². The number of nitrogens with one attached hydrogen (secondary N) is 1. The molecule has 2 atom stereocenters. The molecule has 41 heavy (non-hydrogen) atoms. The molecule has 0 saturated carbocycles. The fraction of sp³-hybridized carbons (Fsp3) is 0.303. The number of amides is 1. The zero-order valence-corrected chi connectivity index (χ0v) is 24.6. The van der Waals surface area contributed by atoms with E-state index in [4.69, 9.17) is 0 Å². The highest BCUT2D eigenvalue weighted by Crippen LogP contribution is 2.35. The van der Waals surface area contributed by atoms with Crippen LogP contribution in [0.5, 0.6) is 0 Å². The van der Waals surface area contributed by atoms with Gasteiger partial charge in [-0.3, -0.25) is 4.79 Å². The van der Waals surface area contributed by atoms with E-state index in [1.165, 1.54) is 0 Å². The predicted octanol–water partition coefficient (Wildman–Crippen LogP) is 6.18. The SMILES string of the molecule is Cc1cccc(S(=O)(=O)N[C@@H]2CCCc3ccc(N(Cc4cnc(C)nc4)C(=O)C[C@H](C)c4ccccc4)cc32)c1. The first kappa shape index (κ1) is 28.6. The molecule has 1 amide bonds. The van der Waals surface area contributed by atoms with Crippen LogP contribution in [0, 0.1) is 13.8 Å². The van der Waals surface area contributed by atoms with Crippen LogP contribution in [0.4, 0.5) is 5.69 Å². The van der Waals surface area contributed by atoms with Gasteiger partial charge in [0, 0.05) is 36.1 Å². The predicted molar refractivity (Wildman–Crippen MR) is 161 cm³/mol. The summed E-state index contributed by atoms with van der Waals surface area (Å²) in [5, 5.41) is 0. The van der Waals surface area contributed by atoms with E-state index in [1.54, 1.807) is 35.5 Å². The minimum Gasteiger partial charge on any atom is -0.308 e. The summed E-state index contributed by atoms with van der Waals surface area (Å²) in [6.07, 6.45) is 6.26. The first-order valence-electron chi connectivity index (χ1n) is 14.0. The number of anilines is 1. The molecule has 1 aliphatic rings. The van der Waals surface area contributed by atoms with Gasteiger partial charge in [0.05, 0.1) is 11.4 Å². The Kier molecular flexibility index (Phi) is 8.61. The van der Waals surface area contributed by atoms with E-state index < -0.39 is 10.0 Å². The molecule has 1 aliphatic carbocycles. The van der Waals surface area contributed by atoms with Gasteiger partial charge in [-0.1, -0.05) is 55.5 Å². The van der Waals surface area contributed by atoms with Gasteiger partial charge < -0.3 is 4.90 Å². The monoisotopic (exact) mass is 568 g/mol. The summed E-state index contributed by atoms with van der Waals surface area (Å²) < 4.78 is 29.6. The van der Waals surface area contributed by atoms with Crippen molar-refractivity contribution in [2.45, 2.75) is 69.9 Å². The molecular weight excluding hydrogens is 532 g/mol. The molecule has 0 bridgehead atoms. The Labute approximate surface area is 242 Å². The van der Waals surface area contributed by atoms with Crippen molar-refractivity contribution in [3.63, 3.8) is 0 Å². The second-order valence-corrected chi connectivity index (χ2v) is 12.6. The summed E-state index contributed by atoms with van der Waals surface area (Å²) in [6.45, 7) is 6.09. The molecule has 212 valence electrons. The number of sulfonamides is 1. The fourth-order valence-corrected chi connectivity index (χ4v) is 6.75. The Morgan fingerprint density at radius 3 is 2.49 bits per heavy atom. The third-order valence-electron chi connectivity index (χ3n) is 7.68. The summed E-state index contributed by atoms with van der Waals surface area (Å²) >= 11 is 0. The van der Waals surface area contributed by atoms with E-state index in [2.05, 4.69) is 21.6 Å². The highest BCUT2D eigenvalue weighted by molar-refractivity contribution is 7.89. The molecule has 7 nitrogen and oxygen atoms in total. The number of fused-ring (bicyclic) bond motifs is 1. The lowest BCUT2D eigenvalue weighted by Gasteiger charge is -2.30. The maximum atomic E-state index is 13.9. The van der Waals surface area contributed by atoms with Gasteiger partial charge in [0.15, 0.2) is 0 Å². The fourth-order valence-electron chi connectivity index (χ4n) is 5.39. The summed E-state index contributed by atoms with van der Waals surface area (Å²) in [5.41, 5.74) is 5.57. The Morgan fingerprint density at radius 2 is 1.76 bits per heavy atom. The number of benzene rings is 3. The lowest BCUT2D eigenvalue weighted by Crippen LogP contribution is -2.33. The van der Waals surface area contributed by atoms with Crippen molar-refractivity contribution in [2.24, 2.45) is 0 Å². The third kappa shape index (κ3) is 6.89. The first-order chi connectivity index (χ1) is 19.7. The van der Waals surface area contributed by atoms with Crippen LogP contribution in [0.2, 0.25) is 0 Å². The molecule has 8 heteroatoms. The molecule has 5 rings (SSSR count). The maximum Gasteiger partial charge on any atom is 0.241 e. The molecule has 0 unspecified atom stereocenters. The minimum absolute atomic E-state index is 0.0189. The van der Waals surface area contributed by atoms with Crippen molar-refractivity contribution in [1.29, 1.82) is 0 Å². The Hall–Kier alpha value is -3.88. The highest BCUT2D eigenvalue weighted by Gasteiger charge is 2.28. The van der Waals surface area contributed by atoms with E-state index in [0.29, 0.717) is 25.2 Å². The van der Waals surface area contributed by atoms with Crippen LogP contribution in [-0.4, -0.2) is 24.3 Å².